The Morgan fingerprint density at radius 2 is 2.36 bits per heavy atom. The third-order valence-corrected chi connectivity index (χ3v) is 2.37. The first-order valence-corrected chi connectivity index (χ1v) is 4.36. The van der Waals surface area contributed by atoms with Crippen molar-refractivity contribution in [1.82, 2.24) is 4.90 Å². The fraction of sp³-hybridized carbons (Fsp3) is 0.182. The SMILES string of the molecule is C=CN1Cc2ccc(OC)cc2C1=O. The minimum Gasteiger partial charge on any atom is -0.497 e. The van der Waals surface area contributed by atoms with Crippen LogP contribution in [0.4, 0.5) is 0 Å². The van der Waals surface area contributed by atoms with Crippen LogP contribution in [0.5, 0.6) is 5.75 Å². The van der Waals surface area contributed by atoms with E-state index in [4.69, 9.17) is 4.74 Å². The molecule has 1 amide bonds. The molecule has 3 heteroatoms. The van der Waals surface area contributed by atoms with Gasteiger partial charge >= 0.3 is 0 Å². The number of carbonyl (C=O) groups excluding carboxylic acids is 1. The van der Waals surface area contributed by atoms with Gasteiger partial charge in [0.1, 0.15) is 5.75 Å². The van der Waals surface area contributed by atoms with Gasteiger partial charge in [-0.2, -0.15) is 0 Å². The lowest BCUT2D eigenvalue weighted by molar-refractivity contribution is 0.0842. The molecule has 0 fully saturated rings. The van der Waals surface area contributed by atoms with Gasteiger partial charge in [0.15, 0.2) is 0 Å². The minimum atomic E-state index is -0.00565. The minimum absolute atomic E-state index is 0.00565. The molecule has 72 valence electrons. The van der Waals surface area contributed by atoms with Crippen molar-refractivity contribution < 1.29 is 9.53 Å². The van der Waals surface area contributed by atoms with Crippen LogP contribution in [-0.2, 0) is 6.54 Å². The largest absolute Gasteiger partial charge is 0.497 e. The van der Waals surface area contributed by atoms with E-state index in [2.05, 4.69) is 6.58 Å². The van der Waals surface area contributed by atoms with Crippen LogP contribution in [0.3, 0.4) is 0 Å². The quantitative estimate of drug-likeness (QED) is 0.709. The van der Waals surface area contributed by atoms with Crippen molar-refractivity contribution >= 4 is 5.91 Å². The summed E-state index contributed by atoms with van der Waals surface area (Å²) < 4.78 is 5.06. The zero-order valence-corrected chi connectivity index (χ0v) is 7.99. The van der Waals surface area contributed by atoms with E-state index in [1.807, 2.05) is 12.1 Å². The molecule has 0 aliphatic carbocycles. The summed E-state index contributed by atoms with van der Waals surface area (Å²) in [7, 11) is 1.59. The fourth-order valence-corrected chi connectivity index (χ4v) is 1.58. The second kappa shape index (κ2) is 3.18. The molecule has 0 unspecified atom stereocenters. The van der Waals surface area contributed by atoms with E-state index in [-0.39, 0.29) is 5.91 Å². The first-order chi connectivity index (χ1) is 6.76. The number of nitrogens with zero attached hydrogens (tertiary/aromatic N) is 1. The van der Waals surface area contributed by atoms with E-state index >= 15 is 0 Å². The lowest BCUT2D eigenvalue weighted by atomic mass is 10.1. The van der Waals surface area contributed by atoms with E-state index < -0.39 is 0 Å². The van der Waals surface area contributed by atoms with Gasteiger partial charge in [-0.15, -0.1) is 0 Å². The molecule has 14 heavy (non-hydrogen) atoms. The van der Waals surface area contributed by atoms with Crippen LogP contribution in [0.1, 0.15) is 15.9 Å². The van der Waals surface area contributed by atoms with Crippen LogP contribution in [0.15, 0.2) is 31.0 Å². The molecule has 0 spiro atoms. The molecule has 0 radical (unpaired) electrons. The Kier molecular flexibility index (Phi) is 2.00. The summed E-state index contributed by atoms with van der Waals surface area (Å²) in [6.45, 7) is 4.21. The molecular weight excluding hydrogens is 178 g/mol. The Labute approximate surface area is 82.6 Å². The average molecular weight is 189 g/mol. The molecular formula is C11H11NO2. The molecule has 2 rings (SSSR count). The number of rotatable bonds is 2. The first-order valence-electron chi connectivity index (χ1n) is 4.36. The van der Waals surface area contributed by atoms with Crippen molar-refractivity contribution in [1.29, 1.82) is 0 Å². The third kappa shape index (κ3) is 1.18. The maximum atomic E-state index is 11.7. The molecule has 0 saturated heterocycles. The Balaban J connectivity index is 2.44. The van der Waals surface area contributed by atoms with Crippen LogP contribution >= 0.6 is 0 Å². The van der Waals surface area contributed by atoms with E-state index in [0.717, 1.165) is 5.56 Å². The van der Waals surface area contributed by atoms with Crippen molar-refractivity contribution in [2.45, 2.75) is 6.54 Å². The summed E-state index contributed by atoms with van der Waals surface area (Å²) >= 11 is 0. The van der Waals surface area contributed by atoms with Crippen LogP contribution in [0.2, 0.25) is 0 Å². The molecule has 1 aromatic rings. The van der Waals surface area contributed by atoms with Crippen molar-refractivity contribution in [3.63, 3.8) is 0 Å². The van der Waals surface area contributed by atoms with Crippen LogP contribution in [-0.4, -0.2) is 17.9 Å². The maximum absolute atomic E-state index is 11.7. The van der Waals surface area contributed by atoms with Crippen molar-refractivity contribution in [3.8, 4) is 5.75 Å². The Bertz CT molecular complexity index is 398. The lowest BCUT2D eigenvalue weighted by Gasteiger charge is -2.06. The number of carbonyl (C=O) groups is 1. The summed E-state index contributed by atoms with van der Waals surface area (Å²) in [6.07, 6.45) is 1.55. The standard InChI is InChI=1S/C11H11NO2/c1-3-12-7-8-4-5-9(14-2)6-10(8)11(12)13/h3-6H,1,7H2,2H3. The molecule has 1 aliphatic rings. The number of hydrogen-bond donors (Lipinski definition) is 0. The molecule has 0 atom stereocenters. The molecule has 0 bridgehead atoms. The summed E-state index contributed by atoms with van der Waals surface area (Å²) in [5.41, 5.74) is 1.74. The summed E-state index contributed by atoms with van der Waals surface area (Å²) in [6, 6.07) is 5.54. The molecule has 0 N–H and O–H groups in total. The number of amides is 1. The van der Waals surface area contributed by atoms with Gasteiger partial charge in [0, 0.05) is 11.8 Å². The van der Waals surface area contributed by atoms with Gasteiger partial charge in [0.2, 0.25) is 0 Å². The highest BCUT2D eigenvalue weighted by molar-refractivity contribution is 5.99. The summed E-state index contributed by atoms with van der Waals surface area (Å²) in [4.78, 5) is 13.3. The topological polar surface area (TPSA) is 29.5 Å². The average Bonchev–Trinajstić information content (AvgIpc) is 2.55. The van der Waals surface area contributed by atoms with Crippen molar-refractivity contribution in [2.75, 3.05) is 7.11 Å². The highest BCUT2D eigenvalue weighted by atomic mass is 16.5. The smallest absolute Gasteiger partial charge is 0.258 e. The number of hydrogen-bond acceptors (Lipinski definition) is 2. The lowest BCUT2D eigenvalue weighted by Crippen LogP contribution is -2.16. The van der Waals surface area contributed by atoms with Crippen molar-refractivity contribution in [3.05, 3.63) is 42.1 Å². The van der Waals surface area contributed by atoms with E-state index in [1.165, 1.54) is 0 Å². The highest BCUT2D eigenvalue weighted by Gasteiger charge is 2.25. The molecule has 3 nitrogen and oxygen atoms in total. The van der Waals surface area contributed by atoms with Crippen molar-refractivity contribution in [2.24, 2.45) is 0 Å². The number of ether oxygens (including phenoxy) is 1. The van der Waals surface area contributed by atoms with Gasteiger partial charge in [-0.3, -0.25) is 4.79 Å². The van der Waals surface area contributed by atoms with Gasteiger partial charge in [-0.05, 0) is 17.7 Å². The highest BCUT2D eigenvalue weighted by Crippen LogP contribution is 2.26. The first kappa shape index (κ1) is 8.81. The van der Waals surface area contributed by atoms with Gasteiger partial charge in [0.25, 0.3) is 5.91 Å². The molecule has 0 aromatic heterocycles. The zero-order valence-electron chi connectivity index (χ0n) is 7.99. The van der Waals surface area contributed by atoms with Crippen LogP contribution < -0.4 is 4.74 Å². The summed E-state index contributed by atoms with van der Waals surface area (Å²) in [5, 5.41) is 0. The van der Waals surface area contributed by atoms with E-state index in [1.54, 1.807) is 24.3 Å². The third-order valence-electron chi connectivity index (χ3n) is 2.37. The van der Waals surface area contributed by atoms with Gasteiger partial charge < -0.3 is 9.64 Å². The molecule has 1 heterocycles. The zero-order chi connectivity index (χ0) is 10.1. The second-order valence-corrected chi connectivity index (χ2v) is 3.14. The number of methoxy groups -OCH3 is 1. The van der Waals surface area contributed by atoms with Crippen LogP contribution in [0.25, 0.3) is 0 Å². The Morgan fingerprint density at radius 3 is 3.00 bits per heavy atom. The van der Waals surface area contributed by atoms with Gasteiger partial charge in [-0.25, -0.2) is 0 Å². The molecule has 1 aliphatic heterocycles. The van der Waals surface area contributed by atoms with E-state index in [9.17, 15) is 4.79 Å². The summed E-state index contributed by atoms with van der Waals surface area (Å²) in [5.74, 6) is 0.705. The maximum Gasteiger partial charge on any atom is 0.258 e. The van der Waals surface area contributed by atoms with Crippen LogP contribution in [0, 0.1) is 0 Å². The number of benzene rings is 1. The molecule has 1 aromatic carbocycles. The Hall–Kier alpha value is -1.77. The fourth-order valence-electron chi connectivity index (χ4n) is 1.58. The predicted molar refractivity (Wildman–Crippen MR) is 53.1 cm³/mol. The Morgan fingerprint density at radius 1 is 1.57 bits per heavy atom. The van der Waals surface area contributed by atoms with E-state index in [0.29, 0.717) is 17.9 Å². The second-order valence-electron chi connectivity index (χ2n) is 3.14. The number of fused-ring (bicyclic) bond motifs is 1. The molecule has 0 saturated carbocycles. The van der Waals surface area contributed by atoms with Gasteiger partial charge in [-0.1, -0.05) is 12.6 Å². The monoisotopic (exact) mass is 189 g/mol. The normalized spacial score (nSPS) is 14.1. The predicted octanol–water partition coefficient (Wildman–Crippen LogP) is 1.79. The van der Waals surface area contributed by atoms with Gasteiger partial charge in [0.05, 0.1) is 13.7 Å².